The second kappa shape index (κ2) is 11.6. The summed E-state index contributed by atoms with van der Waals surface area (Å²) in [5.74, 6) is 0.591. The van der Waals surface area contributed by atoms with Crippen LogP contribution in [0.5, 0.6) is 0 Å². The van der Waals surface area contributed by atoms with Gasteiger partial charge in [0.05, 0.1) is 25.9 Å². The number of rotatable bonds is 10. The quantitative estimate of drug-likeness (QED) is 0.0777. The molecule has 0 radical (unpaired) electrons. The van der Waals surface area contributed by atoms with Gasteiger partial charge < -0.3 is 62.2 Å². The summed E-state index contributed by atoms with van der Waals surface area (Å²) in [5, 5.41) is 66.2. The molecular weight excluding hydrogens is 572 g/mol. The van der Waals surface area contributed by atoms with Crippen LogP contribution >= 0.6 is 0 Å². The predicted molar refractivity (Wildman–Crippen MR) is 147 cm³/mol. The summed E-state index contributed by atoms with van der Waals surface area (Å²) in [6.07, 6.45) is -5.87. The molecule has 20 nitrogen and oxygen atoms in total. The zero-order chi connectivity index (χ0) is 30.4. The van der Waals surface area contributed by atoms with E-state index in [2.05, 4.69) is 40.5 Å². The lowest BCUT2D eigenvalue weighted by molar-refractivity contribution is -0.0511. The molecule has 2 aliphatic rings. The highest BCUT2D eigenvalue weighted by Crippen LogP contribution is 2.34. The van der Waals surface area contributed by atoms with Crippen LogP contribution in [-0.2, 0) is 9.47 Å². The first-order valence-electron chi connectivity index (χ1n) is 13.4. The average Bonchev–Trinajstić information content (AvgIpc) is 3.74. The van der Waals surface area contributed by atoms with E-state index in [1.807, 2.05) is 0 Å². The van der Waals surface area contributed by atoms with Gasteiger partial charge in [0.1, 0.15) is 36.6 Å². The molecule has 0 aromatic carbocycles. The van der Waals surface area contributed by atoms with E-state index in [4.69, 9.17) is 20.9 Å². The van der Waals surface area contributed by atoms with Crippen molar-refractivity contribution in [1.82, 2.24) is 39.0 Å². The molecule has 0 bridgehead atoms. The van der Waals surface area contributed by atoms with Crippen molar-refractivity contribution in [3.05, 3.63) is 12.7 Å². The van der Waals surface area contributed by atoms with Gasteiger partial charge in [-0.25, -0.2) is 9.97 Å². The van der Waals surface area contributed by atoms with Gasteiger partial charge in [-0.1, -0.05) is 0 Å². The van der Waals surface area contributed by atoms with Crippen LogP contribution in [0.3, 0.4) is 0 Å². The van der Waals surface area contributed by atoms with Gasteiger partial charge in [-0.2, -0.15) is 19.9 Å². The standard InChI is InChI=1S/C23H32N12O8/c24-22-30-16(10-18(32-22)34(6-28-10)20-14(40)12(38)8(4-36)42-20)26-2-1-3-27-17-11-19(33-23(25)31-17)35(7-29-11)21-15(41)13(39)9(5-37)43-21/h6-9,12-15,20-21,36-41H,1-5H2,(H3,24,26,30,32)(H3,25,27,31,33)/t8-,9+,12-,13+,14-,15+,20?,21?. The molecular formula is C23H32N12O8. The van der Waals surface area contributed by atoms with Crippen LogP contribution in [0.1, 0.15) is 18.9 Å². The molecule has 0 saturated carbocycles. The normalized spacial score (nSPS) is 29.2. The third-order valence-corrected chi connectivity index (χ3v) is 7.40. The summed E-state index contributed by atoms with van der Waals surface area (Å²) in [5.41, 5.74) is 13.1. The smallest absolute Gasteiger partial charge is 0.224 e. The number of anilines is 4. The first-order valence-corrected chi connectivity index (χ1v) is 13.4. The number of nitrogens with two attached hydrogens (primary N) is 2. The van der Waals surface area contributed by atoms with E-state index in [9.17, 15) is 30.6 Å². The van der Waals surface area contributed by atoms with E-state index in [1.165, 1.54) is 21.8 Å². The summed E-state index contributed by atoms with van der Waals surface area (Å²) in [6.45, 7) is -0.108. The highest BCUT2D eigenvalue weighted by molar-refractivity contribution is 5.85. The van der Waals surface area contributed by atoms with Gasteiger partial charge >= 0.3 is 0 Å². The molecule has 43 heavy (non-hydrogen) atoms. The van der Waals surface area contributed by atoms with Gasteiger partial charge in [-0.05, 0) is 6.42 Å². The minimum absolute atomic E-state index is 0.0507. The lowest BCUT2D eigenvalue weighted by Gasteiger charge is -2.17. The molecule has 6 rings (SSSR count). The average molecular weight is 605 g/mol. The SMILES string of the molecule is Nc1nc(NCCCNc2nc(N)nc3c2ncn3C2O[C@H](CO)[C@@H](O)[C@H]2O)c2ncn(C3O[C@@H](CO)[C@H](O)[C@@H]3O)c2n1. The molecule has 4 aromatic rings. The van der Waals surface area contributed by atoms with Gasteiger partial charge in [-0.15, -0.1) is 0 Å². The Morgan fingerprint density at radius 3 is 1.47 bits per heavy atom. The van der Waals surface area contributed by atoms with Crippen molar-refractivity contribution in [2.45, 2.75) is 55.5 Å². The monoisotopic (exact) mass is 604 g/mol. The molecule has 6 heterocycles. The number of hydrogen-bond donors (Lipinski definition) is 10. The maximum Gasteiger partial charge on any atom is 0.224 e. The van der Waals surface area contributed by atoms with E-state index in [0.29, 0.717) is 42.2 Å². The number of nitrogens with zero attached hydrogens (tertiary/aromatic N) is 8. The Balaban J connectivity index is 1.12. The van der Waals surface area contributed by atoms with Crippen molar-refractivity contribution < 1.29 is 40.1 Å². The largest absolute Gasteiger partial charge is 0.394 e. The highest BCUT2D eigenvalue weighted by atomic mass is 16.6. The Morgan fingerprint density at radius 1 is 0.674 bits per heavy atom. The Labute approximate surface area is 242 Å². The number of imidazole rings is 2. The van der Waals surface area contributed by atoms with E-state index in [-0.39, 0.29) is 23.2 Å². The second-order valence-electron chi connectivity index (χ2n) is 10.2. The molecule has 12 N–H and O–H groups in total. The topological polar surface area (TPSA) is 303 Å². The molecule has 8 atom stereocenters. The molecule has 0 aliphatic carbocycles. The van der Waals surface area contributed by atoms with Crippen molar-refractivity contribution in [3.8, 4) is 0 Å². The lowest BCUT2D eigenvalue weighted by Crippen LogP contribution is -2.33. The van der Waals surface area contributed by atoms with Crippen molar-refractivity contribution in [3.63, 3.8) is 0 Å². The van der Waals surface area contributed by atoms with Crippen LogP contribution in [0.15, 0.2) is 12.7 Å². The molecule has 4 aromatic heterocycles. The van der Waals surface area contributed by atoms with Gasteiger partial charge in [0, 0.05) is 13.1 Å². The Morgan fingerprint density at radius 2 is 1.09 bits per heavy atom. The predicted octanol–water partition coefficient (Wildman–Crippen LogP) is -3.73. The molecule has 232 valence electrons. The van der Waals surface area contributed by atoms with Gasteiger partial charge in [0.2, 0.25) is 11.9 Å². The first-order chi connectivity index (χ1) is 20.7. The minimum atomic E-state index is -1.32. The number of hydrogen-bond acceptors (Lipinski definition) is 18. The Kier molecular flexibility index (Phi) is 7.83. The summed E-state index contributed by atoms with van der Waals surface area (Å²) in [7, 11) is 0. The maximum atomic E-state index is 10.4. The number of fused-ring (bicyclic) bond motifs is 2. The highest BCUT2D eigenvalue weighted by Gasteiger charge is 2.45. The number of aliphatic hydroxyl groups excluding tert-OH is 6. The van der Waals surface area contributed by atoms with Crippen molar-refractivity contribution in [1.29, 1.82) is 0 Å². The summed E-state index contributed by atoms with van der Waals surface area (Å²) < 4.78 is 14.0. The molecule has 2 unspecified atom stereocenters. The van der Waals surface area contributed by atoms with Crippen LogP contribution in [-0.4, -0.2) is 133 Å². The molecule has 0 amide bonds. The van der Waals surface area contributed by atoms with Crippen molar-refractivity contribution in [2.24, 2.45) is 0 Å². The number of ether oxygens (including phenoxy) is 2. The van der Waals surface area contributed by atoms with Crippen LogP contribution in [0, 0.1) is 0 Å². The third-order valence-electron chi connectivity index (χ3n) is 7.40. The number of nitrogens with one attached hydrogen (secondary N) is 2. The fourth-order valence-electron chi connectivity index (χ4n) is 5.21. The summed E-state index contributed by atoms with van der Waals surface area (Å²) in [6, 6.07) is 0. The van der Waals surface area contributed by atoms with Crippen LogP contribution < -0.4 is 22.1 Å². The van der Waals surface area contributed by atoms with Crippen molar-refractivity contribution in [2.75, 3.05) is 48.4 Å². The lowest BCUT2D eigenvalue weighted by atomic mass is 10.1. The van der Waals surface area contributed by atoms with E-state index in [1.54, 1.807) is 0 Å². The zero-order valence-corrected chi connectivity index (χ0v) is 22.5. The fraction of sp³-hybridized carbons (Fsp3) is 0.565. The maximum absolute atomic E-state index is 10.4. The van der Waals surface area contributed by atoms with Crippen LogP contribution in [0.4, 0.5) is 23.5 Å². The molecule has 20 heteroatoms. The molecule has 2 saturated heterocycles. The van der Waals surface area contributed by atoms with Crippen molar-refractivity contribution >= 4 is 45.9 Å². The van der Waals surface area contributed by atoms with Gasteiger partial charge in [0.15, 0.2) is 46.4 Å². The van der Waals surface area contributed by atoms with Gasteiger partial charge in [-0.3, -0.25) is 9.13 Å². The van der Waals surface area contributed by atoms with Gasteiger partial charge in [0.25, 0.3) is 0 Å². The second-order valence-corrected chi connectivity index (χ2v) is 10.2. The van der Waals surface area contributed by atoms with E-state index >= 15 is 0 Å². The van der Waals surface area contributed by atoms with Crippen LogP contribution in [0.25, 0.3) is 22.3 Å². The zero-order valence-electron chi connectivity index (χ0n) is 22.5. The first kappa shape index (κ1) is 29.1. The Hall–Kier alpha value is -4.02. The number of aliphatic hydroxyl groups is 6. The van der Waals surface area contributed by atoms with E-state index < -0.39 is 62.3 Å². The molecule has 2 fully saturated rings. The Bertz CT molecular complexity index is 1490. The van der Waals surface area contributed by atoms with E-state index in [0.717, 1.165) is 0 Å². The third kappa shape index (κ3) is 5.12. The summed E-state index contributed by atoms with van der Waals surface area (Å²) in [4.78, 5) is 25.5. The molecule has 2 aliphatic heterocycles. The molecule has 0 spiro atoms. The summed E-state index contributed by atoms with van der Waals surface area (Å²) >= 11 is 0. The fourth-order valence-corrected chi connectivity index (χ4v) is 5.21. The van der Waals surface area contributed by atoms with Crippen LogP contribution in [0.2, 0.25) is 0 Å². The number of aromatic nitrogens is 8. The minimum Gasteiger partial charge on any atom is -0.394 e. The number of nitrogen functional groups attached to an aromatic ring is 2.